The summed E-state index contributed by atoms with van der Waals surface area (Å²) in [7, 11) is 0. The third-order valence-electron chi connectivity index (χ3n) is 3.59. The average molecular weight is 293 g/mol. The maximum absolute atomic E-state index is 13.0. The van der Waals surface area contributed by atoms with Crippen LogP contribution in [0.3, 0.4) is 0 Å². The van der Waals surface area contributed by atoms with Gasteiger partial charge in [0.1, 0.15) is 11.5 Å². The molecule has 4 rings (SSSR count). The van der Waals surface area contributed by atoms with Gasteiger partial charge >= 0.3 is 0 Å². The second-order valence-corrected chi connectivity index (χ2v) is 4.88. The van der Waals surface area contributed by atoms with Gasteiger partial charge < -0.3 is 0 Å². The lowest BCUT2D eigenvalue weighted by molar-refractivity contribution is 0.0972. The Bertz CT molecular complexity index is 929. The maximum Gasteiger partial charge on any atom is 0.216 e. The van der Waals surface area contributed by atoms with E-state index in [1.165, 1.54) is 28.9 Å². The van der Waals surface area contributed by atoms with Gasteiger partial charge in [-0.2, -0.15) is 0 Å². The molecule has 0 unspecified atom stereocenters. The fourth-order valence-corrected chi connectivity index (χ4v) is 2.54. The van der Waals surface area contributed by atoms with Crippen molar-refractivity contribution in [2.45, 2.75) is 0 Å². The Morgan fingerprint density at radius 2 is 1.50 bits per heavy atom. The molecule has 0 aliphatic heterocycles. The predicted octanol–water partition coefficient (Wildman–Crippen LogP) is 2.18. The fourth-order valence-electron chi connectivity index (χ4n) is 2.54. The Kier molecular flexibility index (Phi) is 2.53. The Labute approximate surface area is 124 Å². The second-order valence-electron chi connectivity index (χ2n) is 4.88. The summed E-state index contributed by atoms with van der Waals surface area (Å²) in [6, 6.07) is 12.0. The molecule has 6 heteroatoms. The predicted molar refractivity (Wildman–Crippen MR) is 74.6 cm³/mol. The normalized spacial score (nSPS) is 13.0. The van der Waals surface area contributed by atoms with Crippen LogP contribution in [0.1, 0.15) is 32.1 Å². The first-order valence-corrected chi connectivity index (χ1v) is 6.57. The highest BCUT2D eigenvalue weighted by atomic mass is 19.1. The summed E-state index contributed by atoms with van der Waals surface area (Å²) in [5, 5.41) is 7.72. The number of nitrogens with zero attached hydrogens (tertiary/aromatic N) is 3. The van der Waals surface area contributed by atoms with Crippen LogP contribution in [0.5, 0.6) is 0 Å². The van der Waals surface area contributed by atoms with Crippen molar-refractivity contribution in [2.24, 2.45) is 0 Å². The first-order valence-electron chi connectivity index (χ1n) is 6.57. The number of halogens is 1. The highest BCUT2D eigenvalue weighted by Crippen LogP contribution is 2.27. The van der Waals surface area contributed by atoms with Gasteiger partial charge in [0, 0.05) is 11.1 Å². The number of rotatable bonds is 1. The smallest absolute Gasteiger partial charge is 0.216 e. The Balaban J connectivity index is 1.94. The van der Waals surface area contributed by atoms with Gasteiger partial charge in [-0.15, -0.1) is 5.10 Å². The van der Waals surface area contributed by atoms with E-state index in [9.17, 15) is 14.0 Å². The van der Waals surface area contributed by atoms with Crippen LogP contribution in [0.25, 0.3) is 5.69 Å². The van der Waals surface area contributed by atoms with Gasteiger partial charge in [0.15, 0.2) is 5.69 Å². The summed E-state index contributed by atoms with van der Waals surface area (Å²) in [4.78, 5) is 25.1. The standard InChI is InChI=1S/C16H8FN3O2/c17-9-5-7-10(8-6-9)20-14-13(18-19-20)15(21)11-3-1-2-4-12(11)16(14)22/h1-8H. The topological polar surface area (TPSA) is 64.8 Å². The maximum atomic E-state index is 13.0. The van der Waals surface area contributed by atoms with Crippen molar-refractivity contribution < 1.29 is 14.0 Å². The molecule has 0 bridgehead atoms. The number of ketones is 2. The molecule has 2 aromatic carbocycles. The number of hydrogen-bond acceptors (Lipinski definition) is 4. The van der Waals surface area contributed by atoms with E-state index >= 15 is 0 Å². The molecule has 0 fully saturated rings. The molecule has 0 N–H and O–H groups in total. The molecule has 1 aliphatic rings. The van der Waals surface area contributed by atoms with Crippen molar-refractivity contribution in [3.8, 4) is 5.69 Å². The van der Waals surface area contributed by atoms with E-state index in [0.29, 0.717) is 16.8 Å². The number of aromatic nitrogens is 3. The van der Waals surface area contributed by atoms with Crippen LogP contribution >= 0.6 is 0 Å². The summed E-state index contributed by atoms with van der Waals surface area (Å²) in [6.07, 6.45) is 0. The molecule has 0 amide bonds. The van der Waals surface area contributed by atoms with Gasteiger partial charge in [0.05, 0.1) is 5.69 Å². The van der Waals surface area contributed by atoms with Crippen molar-refractivity contribution in [3.05, 3.63) is 76.9 Å². The zero-order valence-electron chi connectivity index (χ0n) is 11.2. The highest BCUT2D eigenvalue weighted by molar-refractivity contribution is 6.27. The molecule has 22 heavy (non-hydrogen) atoms. The molecule has 0 saturated heterocycles. The Hall–Kier alpha value is -3.15. The van der Waals surface area contributed by atoms with Crippen LogP contribution < -0.4 is 0 Å². The lowest BCUT2D eigenvalue weighted by Gasteiger charge is -2.14. The van der Waals surface area contributed by atoms with Gasteiger partial charge in [0.2, 0.25) is 11.6 Å². The molecule has 106 valence electrons. The fraction of sp³-hybridized carbons (Fsp3) is 0. The van der Waals surface area contributed by atoms with Crippen LogP contribution in [0, 0.1) is 5.82 Å². The van der Waals surface area contributed by atoms with E-state index in [1.54, 1.807) is 24.3 Å². The molecule has 0 spiro atoms. The van der Waals surface area contributed by atoms with Gasteiger partial charge in [0.25, 0.3) is 0 Å². The number of hydrogen-bond donors (Lipinski definition) is 0. The van der Waals surface area contributed by atoms with E-state index in [4.69, 9.17) is 0 Å². The quantitative estimate of drug-likeness (QED) is 0.539. The molecular weight excluding hydrogens is 285 g/mol. The van der Waals surface area contributed by atoms with Gasteiger partial charge in [-0.1, -0.05) is 29.5 Å². The van der Waals surface area contributed by atoms with Crippen molar-refractivity contribution in [2.75, 3.05) is 0 Å². The van der Waals surface area contributed by atoms with Crippen LogP contribution in [-0.4, -0.2) is 26.6 Å². The monoisotopic (exact) mass is 293 g/mol. The molecule has 1 heterocycles. The summed E-state index contributed by atoms with van der Waals surface area (Å²) in [5.74, 6) is -1.05. The minimum atomic E-state index is -0.398. The molecule has 3 aromatic rings. The summed E-state index contributed by atoms with van der Waals surface area (Å²) in [6.45, 7) is 0. The van der Waals surface area contributed by atoms with Gasteiger partial charge in [-0.3, -0.25) is 9.59 Å². The molecule has 0 atom stereocenters. The molecule has 0 radical (unpaired) electrons. The highest BCUT2D eigenvalue weighted by Gasteiger charge is 2.35. The number of benzene rings is 2. The lowest BCUT2D eigenvalue weighted by Crippen LogP contribution is -2.22. The van der Waals surface area contributed by atoms with Crippen molar-refractivity contribution in [3.63, 3.8) is 0 Å². The first-order chi connectivity index (χ1) is 10.7. The largest absolute Gasteiger partial charge is 0.287 e. The van der Waals surface area contributed by atoms with Crippen molar-refractivity contribution in [1.29, 1.82) is 0 Å². The minimum absolute atomic E-state index is 0.0213. The van der Waals surface area contributed by atoms with Crippen LogP contribution in [0.15, 0.2) is 48.5 Å². The molecular formula is C16H8FN3O2. The van der Waals surface area contributed by atoms with Crippen LogP contribution in [-0.2, 0) is 0 Å². The molecule has 1 aromatic heterocycles. The van der Waals surface area contributed by atoms with Crippen LogP contribution in [0.4, 0.5) is 4.39 Å². The number of carbonyl (C=O) groups excluding carboxylic acids is 2. The summed E-state index contributed by atoms with van der Waals surface area (Å²) >= 11 is 0. The zero-order chi connectivity index (χ0) is 15.3. The van der Waals surface area contributed by atoms with Gasteiger partial charge in [-0.05, 0) is 24.3 Å². The molecule has 1 aliphatic carbocycles. The lowest BCUT2D eigenvalue weighted by atomic mass is 9.90. The Morgan fingerprint density at radius 1 is 0.864 bits per heavy atom. The summed E-state index contributed by atoms with van der Waals surface area (Å²) in [5.41, 5.74) is 1.25. The van der Waals surface area contributed by atoms with Crippen molar-refractivity contribution in [1.82, 2.24) is 15.0 Å². The second kappa shape index (κ2) is 4.42. The minimum Gasteiger partial charge on any atom is -0.287 e. The molecule has 0 saturated carbocycles. The molecule has 5 nitrogen and oxygen atoms in total. The van der Waals surface area contributed by atoms with E-state index in [-0.39, 0.29) is 23.0 Å². The van der Waals surface area contributed by atoms with Gasteiger partial charge in [-0.25, -0.2) is 9.07 Å². The van der Waals surface area contributed by atoms with Crippen LogP contribution in [0.2, 0.25) is 0 Å². The van der Waals surface area contributed by atoms with E-state index in [0.717, 1.165) is 0 Å². The SMILES string of the molecule is O=C1c2ccccc2C(=O)c2c1nnn2-c1ccc(F)cc1. The van der Waals surface area contributed by atoms with E-state index in [2.05, 4.69) is 10.3 Å². The zero-order valence-corrected chi connectivity index (χ0v) is 11.2. The third-order valence-corrected chi connectivity index (χ3v) is 3.59. The Morgan fingerprint density at radius 3 is 2.18 bits per heavy atom. The van der Waals surface area contributed by atoms with E-state index < -0.39 is 5.82 Å². The average Bonchev–Trinajstić information content (AvgIpc) is 2.99. The first kappa shape index (κ1) is 12.6. The van der Waals surface area contributed by atoms with Crippen molar-refractivity contribution >= 4 is 11.6 Å². The summed E-state index contributed by atoms with van der Waals surface area (Å²) < 4.78 is 14.3. The number of carbonyl (C=O) groups is 2. The number of fused-ring (bicyclic) bond motifs is 2. The third kappa shape index (κ3) is 1.64. The van der Waals surface area contributed by atoms with E-state index in [1.807, 2.05) is 0 Å².